The van der Waals surface area contributed by atoms with E-state index in [0.717, 1.165) is 56.5 Å². The van der Waals surface area contributed by atoms with Crippen LogP contribution in [0.5, 0.6) is 0 Å². The van der Waals surface area contributed by atoms with Gasteiger partial charge >= 0.3 is 36.5 Å². The molecule has 0 aliphatic carbocycles. The summed E-state index contributed by atoms with van der Waals surface area (Å²) in [6.07, 6.45) is 19.1. The van der Waals surface area contributed by atoms with Gasteiger partial charge in [0.15, 0.2) is 5.12 Å². The van der Waals surface area contributed by atoms with E-state index in [1.807, 2.05) is 13.8 Å². The quantitative estimate of drug-likeness (QED) is 0.0129. The number of aliphatic carboxylic acids is 3. The molecular formula is C69H132N4O20S7V. The number of thiol groups is 1. The number of nitrogens with two attached hydrogens (primary N) is 1. The van der Waals surface area contributed by atoms with Crippen molar-refractivity contribution in [2.75, 3.05) is 100 Å². The number of hydrogen-bond acceptors (Lipinski definition) is 23. The van der Waals surface area contributed by atoms with Crippen molar-refractivity contribution in [2.45, 2.75) is 215 Å². The van der Waals surface area contributed by atoms with Gasteiger partial charge in [0.2, 0.25) is 17.7 Å². The zero-order valence-corrected chi connectivity index (χ0v) is 68.0. The Morgan fingerprint density at radius 3 is 1.36 bits per heavy atom. The van der Waals surface area contributed by atoms with E-state index >= 15 is 0 Å². The van der Waals surface area contributed by atoms with E-state index in [0.29, 0.717) is 55.2 Å². The van der Waals surface area contributed by atoms with E-state index in [4.69, 9.17) is 24.1 Å². The molecule has 32 heteroatoms. The molecule has 1 radical (unpaired) electrons. The zero-order valence-electron chi connectivity index (χ0n) is 60.8. The molecule has 0 saturated heterocycles. The van der Waals surface area contributed by atoms with Crippen molar-refractivity contribution in [3.8, 4) is 0 Å². The van der Waals surface area contributed by atoms with E-state index in [-0.39, 0.29) is 219 Å². The fourth-order valence-electron chi connectivity index (χ4n) is 8.71. The third kappa shape index (κ3) is 68.8. The number of ketones is 6. The van der Waals surface area contributed by atoms with Crippen molar-refractivity contribution < 1.29 is 124 Å². The van der Waals surface area contributed by atoms with Gasteiger partial charge in [0.05, 0.1) is 39.0 Å². The number of rotatable bonds is 70. The van der Waals surface area contributed by atoms with Gasteiger partial charge in [-0.05, 0) is 65.1 Å². The first-order valence-corrected chi connectivity index (χ1v) is 42.8. The minimum atomic E-state index is -1.17. The number of Topliss-reactive ketones (excluding diaryl/α,β-unsaturated/α-hetero) is 6. The van der Waals surface area contributed by atoms with Crippen LogP contribution in [0.2, 0.25) is 0 Å². The first-order valence-electron chi connectivity index (χ1n) is 34.9. The van der Waals surface area contributed by atoms with Crippen LogP contribution in [0.15, 0.2) is 0 Å². The van der Waals surface area contributed by atoms with E-state index < -0.39 is 41.7 Å². The van der Waals surface area contributed by atoms with Crippen LogP contribution >= 0.6 is 77.4 Å². The maximum absolute atomic E-state index is 12.9. The molecule has 0 saturated carbocycles. The SMILES string of the molecule is CC(=O)[C@H](CSSC[C@H](C)C(=O)C[C@@H](CCCCNC(=O)COCCOCCNC(=O)COCCOCCCC(=O)CC[C@H](NC(=O)CCCCCCCCCCCCCCCCC(=O)O)C(=O)O)C(=O)O)CC(=O)[C@@H](C)CSSC[C@H](C)C(=O)S.CC(=O)[CH-]CSSC[C@H](C)C(C)=O.[HH].[HH].[HH].[HH].[HH].[HH].[NH2-].[V+2]. The number of amides is 3. The van der Waals surface area contributed by atoms with E-state index in [9.17, 15) is 72.5 Å². The predicted molar refractivity (Wildman–Crippen MR) is 421 cm³/mol. The van der Waals surface area contributed by atoms with Crippen LogP contribution in [0, 0.1) is 41.9 Å². The molecule has 0 aliphatic rings. The van der Waals surface area contributed by atoms with Crippen molar-refractivity contribution in [1.82, 2.24) is 16.0 Å². The molecular weight excluding hydrogens is 1480 g/mol. The number of carboxylic acid groups (broad SMARTS) is 3. The largest absolute Gasteiger partial charge is 2.00 e. The fourth-order valence-corrected chi connectivity index (χ4v) is 16.8. The Labute approximate surface area is 651 Å². The second kappa shape index (κ2) is 71.5. The average molecular weight is 1610 g/mol. The Hall–Kier alpha value is -2.79. The maximum atomic E-state index is 12.9. The number of carbonyl (C=O) groups is 13. The summed E-state index contributed by atoms with van der Waals surface area (Å²) in [5, 5.41) is 35.8. The molecule has 7 atom stereocenters. The van der Waals surface area contributed by atoms with Crippen LogP contribution < -0.4 is 16.0 Å². The number of hydrogen-bond donors (Lipinski definition) is 7. The van der Waals surface area contributed by atoms with Crippen LogP contribution in [0.25, 0.3) is 6.15 Å². The van der Waals surface area contributed by atoms with Crippen molar-refractivity contribution in [1.29, 1.82) is 0 Å². The number of ether oxygens (including phenoxy) is 4. The Bertz CT molecular complexity index is 2360. The second-order valence-electron chi connectivity index (χ2n) is 24.8. The Morgan fingerprint density at radius 1 is 0.436 bits per heavy atom. The van der Waals surface area contributed by atoms with Crippen molar-refractivity contribution in [3.63, 3.8) is 0 Å². The molecule has 0 aromatic heterocycles. The van der Waals surface area contributed by atoms with Gasteiger partial charge in [0.25, 0.3) is 0 Å². The third-order valence-electron chi connectivity index (χ3n) is 15.5. The number of unbranched alkanes of at least 4 members (excludes halogenated alkanes) is 14. The van der Waals surface area contributed by atoms with Crippen LogP contribution in [0.3, 0.4) is 0 Å². The first kappa shape index (κ1) is 105. The average Bonchev–Trinajstić information content (AvgIpc) is 0.922. The molecule has 0 heterocycles. The zero-order chi connectivity index (χ0) is 74.4. The number of nitrogens with one attached hydrogen (secondary N) is 3. The molecule has 595 valence electrons. The van der Waals surface area contributed by atoms with Gasteiger partial charge in [0, 0.05) is 125 Å². The van der Waals surface area contributed by atoms with Crippen molar-refractivity contribution in [2.24, 2.45) is 35.5 Å². The minimum Gasteiger partial charge on any atom is -0.693 e. The normalized spacial score (nSPS) is 13.0. The van der Waals surface area contributed by atoms with Crippen molar-refractivity contribution in [3.05, 3.63) is 12.6 Å². The Morgan fingerprint density at radius 2 is 0.881 bits per heavy atom. The summed E-state index contributed by atoms with van der Waals surface area (Å²) in [7, 11) is 9.14. The fraction of sp³-hybridized carbons (Fsp3) is 0.797. The van der Waals surface area contributed by atoms with Gasteiger partial charge in [0.1, 0.15) is 48.2 Å². The standard InChI is InChI=1S/C60H103N3O18S5.C9H15O2S2.H2N.V.6H2/c1-44(41-84-86-43-49(47(4)64)37-53(67)45(2)40-83-85-42-46(3)60(77)82)52(66)36-48(58(73)74)22-19-20-28-61-55(69)38-81-35-33-79-31-29-62-56(70)39-80-34-32-78-30-21-23-50(65)26-27-51(59(75)76)63-54(68)24-17-15-13-11-9-7-5-6-8-10-12-14-16-18-25-57(71)72;1-7(9(3)11)6-13-12-5-4-8(2)10;;;;;;;;/h44-46,48-49,51H,5-43H2,1-4H3,(H,61,69)(H,62,70)(H,63,68)(H,71,72)(H,73,74)(H,75,76)(H,77,82);4,7H,5-6H2,1-3H3;1H2;;6*1H/q;2*-1;+2;;;;;;/t44-,45-,46-,48+,49-,51-;7-;;;;;;;;/m00......../s1. The molecule has 0 aromatic carbocycles. The number of carboxylic acids is 3. The second-order valence-corrected chi connectivity index (χ2v) is 32.9. The summed E-state index contributed by atoms with van der Waals surface area (Å²) < 4.78 is 21.6. The Balaban J connectivity index is -0.000000506. The van der Waals surface area contributed by atoms with E-state index in [2.05, 4.69) is 28.6 Å². The molecule has 0 fully saturated rings. The Kier molecular flexibility index (Phi) is 74.0. The molecule has 0 aliphatic heterocycles. The predicted octanol–water partition coefficient (Wildman–Crippen LogP) is 14.0. The van der Waals surface area contributed by atoms with Crippen LogP contribution in [0.1, 0.15) is 218 Å². The molecule has 0 aromatic rings. The third-order valence-corrected chi connectivity index (χ3v) is 23.8. The van der Waals surface area contributed by atoms with Gasteiger partial charge in [-0.15, -0.1) is 29.2 Å². The van der Waals surface area contributed by atoms with Gasteiger partial charge in [-0.3, -0.25) is 52.7 Å². The summed E-state index contributed by atoms with van der Waals surface area (Å²) in [6.45, 7) is 13.3. The summed E-state index contributed by atoms with van der Waals surface area (Å²) in [5.74, 6) is -2.43. The van der Waals surface area contributed by atoms with Gasteiger partial charge in [-0.2, -0.15) is 0 Å². The number of carbonyl (C=O) groups excluding carboxylic acids is 10. The molecule has 0 spiro atoms. The van der Waals surface area contributed by atoms with Crippen LogP contribution in [-0.4, -0.2) is 197 Å². The summed E-state index contributed by atoms with van der Waals surface area (Å²) in [6, 6.07) is -1.12. The van der Waals surface area contributed by atoms with Gasteiger partial charge in [-0.1, -0.05) is 165 Å². The van der Waals surface area contributed by atoms with E-state index in [1.54, 1.807) is 55.7 Å². The monoisotopic (exact) mass is 1610 g/mol. The molecule has 0 rings (SSSR count). The van der Waals surface area contributed by atoms with Gasteiger partial charge < -0.3 is 67.6 Å². The molecule has 101 heavy (non-hydrogen) atoms. The maximum Gasteiger partial charge on any atom is 2.00 e. The summed E-state index contributed by atoms with van der Waals surface area (Å²) >= 11 is 3.84. The first-order chi connectivity index (χ1) is 47.2. The van der Waals surface area contributed by atoms with Crippen molar-refractivity contribution >= 4 is 153 Å². The molecule has 0 bridgehead atoms. The van der Waals surface area contributed by atoms with E-state index in [1.165, 1.54) is 88.6 Å². The van der Waals surface area contributed by atoms with Crippen LogP contribution in [0.4, 0.5) is 0 Å². The summed E-state index contributed by atoms with van der Waals surface area (Å²) in [4.78, 5) is 154. The topological polar surface area (TPSA) is 389 Å². The summed E-state index contributed by atoms with van der Waals surface area (Å²) in [5.41, 5.74) is 0. The van der Waals surface area contributed by atoms with Gasteiger partial charge in [-0.25, -0.2) is 4.79 Å². The van der Waals surface area contributed by atoms with Crippen LogP contribution in [-0.2, 0) is 99.8 Å². The molecule has 8 N–H and O–H groups in total. The molecule has 3 amide bonds. The minimum absolute atomic E-state index is 0. The smallest absolute Gasteiger partial charge is 0.693 e. The molecule has 0 unspecified atom stereocenters. The molecule has 24 nitrogen and oxygen atoms in total.